The van der Waals surface area contributed by atoms with Gasteiger partial charge in [0.05, 0.1) is 17.8 Å². The quantitative estimate of drug-likeness (QED) is 0.790. The van der Waals surface area contributed by atoms with E-state index in [2.05, 4.69) is 4.98 Å². The van der Waals surface area contributed by atoms with E-state index in [1.165, 1.54) is 13.2 Å². The second-order valence-corrected chi connectivity index (χ2v) is 5.40. The van der Waals surface area contributed by atoms with Crippen molar-refractivity contribution in [1.82, 2.24) is 4.98 Å². The summed E-state index contributed by atoms with van der Waals surface area (Å²) < 4.78 is 11.0. The number of thiazole rings is 1. The predicted octanol–water partition coefficient (Wildman–Crippen LogP) is 3.47. The number of aromatic nitrogens is 1. The highest BCUT2D eigenvalue weighted by molar-refractivity contribution is 7.09. The van der Waals surface area contributed by atoms with Crippen LogP contribution in [-0.2, 0) is 6.61 Å². The third kappa shape index (κ3) is 3.85. The Bertz CT molecular complexity index is 765. The van der Waals surface area contributed by atoms with Gasteiger partial charge in [-0.1, -0.05) is 6.07 Å². The highest BCUT2D eigenvalue weighted by Crippen LogP contribution is 2.29. The Balaban J connectivity index is 2.18. The van der Waals surface area contributed by atoms with Crippen molar-refractivity contribution >= 4 is 17.4 Å². The van der Waals surface area contributed by atoms with E-state index in [0.717, 1.165) is 10.7 Å². The fraction of sp³-hybridized carbons (Fsp3) is 0.188. The van der Waals surface area contributed by atoms with Crippen molar-refractivity contribution in [3.63, 3.8) is 0 Å². The molecule has 0 bridgehead atoms. The molecule has 1 aromatic heterocycles. The summed E-state index contributed by atoms with van der Waals surface area (Å²) in [7, 11) is 1.54. The first-order valence-electron chi connectivity index (χ1n) is 6.40. The molecule has 0 fully saturated rings. The number of ether oxygens (including phenoxy) is 2. The molecular formula is C16H13N3O2S. The van der Waals surface area contributed by atoms with Crippen molar-refractivity contribution in [2.45, 2.75) is 13.5 Å². The van der Waals surface area contributed by atoms with Crippen molar-refractivity contribution < 1.29 is 9.47 Å². The van der Waals surface area contributed by atoms with Gasteiger partial charge in [0.15, 0.2) is 11.5 Å². The second kappa shape index (κ2) is 7.26. The number of benzene rings is 1. The molecule has 0 aliphatic rings. The van der Waals surface area contributed by atoms with Crippen molar-refractivity contribution in [3.8, 4) is 23.6 Å². The molecule has 1 aromatic carbocycles. The third-order valence-electron chi connectivity index (χ3n) is 2.78. The lowest BCUT2D eigenvalue weighted by Crippen LogP contribution is -1.98. The Labute approximate surface area is 132 Å². The average Bonchev–Trinajstić information content (AvgIpc) is 2.96. The molecule has 0 spiro atoms. The minimum Gasteiger partial charge on any atom is -0.493 e. The van der Waals surface area contributed by atoms with E-state index in [-0.39, 0.29) is 5.57 Å². The fourth-order valence-electron chi connectivity index (χ4n) is 1.78. The highest BCUT2D eigenvalue weighted by atomic mass is 32.1. The lowest BCUT2D eigenvalue weighted by molar-refractivity contribution is 0.281. The van der Waals surface area contributed by atoms with Gasteiger partial charge in [-0.2, -0.15) is 10.5 Å². The van der Waals surface area contributed by atoms with E-state index in [1.807, 2.05) is 24.4 Å². The molecule has 0 atom stereocenters. The number of allylic oxidation sites excluding steroid dienone is 1. The molecule has 110 valence electrons. The monoisotopic (exact) mass is 311 g/mol. The van der Waals surface area contributed by atoms with E-state index < -0.39 is 0 Å². The zero-order valence-corrected chi connectivity index (χ0v) is 13.0. The average molecular weight is 311 g/mol. The van der Waals surface area contributed by atoms with Gasteiger partial charge in [0, 0.05) is 5.38 Å². The Hall–Kier alpha value is -2.83. The Morgan fingerprint density at radius 2 is 2.09 bits per heavy atom. The molecule has 22 heavy (non-hydrogen) atoms. The minimum absolute atomic E-state index is 0.0358. The van der Waals surface area contributed by atoms with Crippen LogP contribution in [0.15, 0.2) is 29.2 Å². The Kier molecular flexibility index (Phi) is 5.13. The molecule has 0 saturated heterocycles. The maximum atomic E-state index is 8.78. The predicted molar refractivity (Wildman–Crippen MR) is 83.4 cm³/mol. The van der Waals surface area contributed by atoms with Crippen LogP contribution in [0.2, 0.25) is 0 Å². The first-order valence-corrected chi connectivity index (χ1v) is 7.28. The topological polar surface area (TPSA) is 78.9 Å². The summed E-state index contributed by atoms with van der Waals surface area (Å²) >= 11 is 1.57. The number of hydrogen-bond acceptors (Lipinski definition) is 6. The summed E-state index contributed by atoms with van der Waals surface area (Å²) in [6.07, 6.45) is 1.50. The highest BCUT2D eigenvalue weighted by Gasteiger charge is 2.07. The Morgan fingerprint density at radius 3 is 2.68 bits per heavy atom. The number of nitrogens with zero attached hydrogens (tertiary/aromatic N) is 3. The van der Waals surface area contributed by atoms with Gasteiger partial charge < -0.3 is 9.47 Å². The van der Waals surface area contributed by atoms with Crippen molar-refractivity contribution in [1.29, 1.82) is 10.5 Å². The summed E-state index contributed by atoms with van der Waals surface area (Å²) in [4.78, 5) is 4.33. The lowest BCUT2D eigenvalue weighted by atomic mass is 10.1. The van der Waals surface area contributed by atoms with Crippen LogP contribution in [0.4, 0.5) is 0 Å². The number of aryl methyl sites for hydroxylation is 1. The maximum absolute atomic E-state index is 8.78. The van der Waals surface area contributed by atoms with Gasteiger partial charge in [0.1, 0.15) is 24.3 Å². The van der Waals surface area contributed by atoms with Gasteiger partial charge in [-0.05, 0) is 30.7 Å². The largest absolute Gasteiger partial charge is 0.493 e. The molecule has 2 aromatic rings. The number of hydrogen-bond donors (Lipinski definition) is 0. The molecule has 0 amide bonds. The molecule has 0 aliphatic carbocycles. The summed E-state index contributed by atoms with van der Waals surface area (Å²) in [5.41, 5.74) is 1.60. The van der Waals surface area contributed by atoms with Gasteiger partial charge in [0.25, 0.3) is 0 Å². The summed E-state index contributed by atoms with van der Waals surface area (Å²) in [6, 6.07) is 8.87. The number of methoxy groups -OCH3 is 1. The van der Waals surface area contributed by atoms with Crippen LogP contribution in [0, 0.1) is 29.6 Å². The van der Waals surface area contributed by atoms with Crippen LogP contribution in [0.3, 0.4) is 0 Å². The molecular weight excluding hydrogens is 298 g/mol. The van der Waals surface area contributed by atoms with Gasteiger partial charge in [0.2, 0.25) is 0 Å². The summed E-state index contributed by atoms with van der Waals surface area (Å²) in [5, 5.41) is 20.5. The Morgan fingerprint density at radius 1 is 1.32 bits per heavy atom. The second-order valence-electron chi connectivity index (χ2n) is 4.34. The molecule has 0 saturated carbocycles. The smallest absolute Gasteiger partial charge is 0.161 e. The zero-order valence-electron chi connectivity index (χ0n) is 12.2. The first-order chi connectivity index (χ1) is 10.7. The van der Waals surface area contributed by atoms with Crippen molar-refractivity contribution in [3.05, 3.63) is 45.4 Å². The normalized spacial score (nSPS) is 9.45. The molecule has 0 unspecified atom stereocenters. The van der Waals surface area contributed by atoms with Crippen LogP contribution in [0.5, 0.6) is 11.5 Å². The van der Waals surface area contributed by atoms with Gasteiger partial charge >= 0.3 is 0 Å². The fourth-order valence-corrected chi connectivity index (χ4v) is 2.37. The van der Waals surface area contributed by atoms with Crippen LogP contribution in [0.1, 0.15) is 16.3 Å². The van der Waals surface area contributed by atoms with Crippen molar-refractivity contribution in [2.24, 2.45) is 0 Å². The maximum Gasteiger partial charge on any atom is 0.161 e. The van der Waals surface area contributed by atoms with E-state index in [0.29, 0.717) is 23.7 Å². The van der Waals surface area contributed by atoms with Gasteiger partial charge in [-0.25, -0.2) is 4.98 Å². The standard InChI is InChI=1S/C16H13N3O2S/c1-11-19-14(10-22-11)9-21-15-4-3-12(6-16(15)20-2)5-13(7-17)8-18/h3-6,10H,9H2,1-2H3. The SMILES string of the molecule is COc1cc(C=C(C#N)C#N)ccc1OCc1csc(C)n1. The van der Waals surface area contributed by atoms with Gasteiger partial charge in [-0.3, -0.25) is 0 Å². The molecule has 5 nitrogen and oxygen atoms in total. The minimum atomic E-state index is 0.0358. The van der Waals surface area contributed by atoms with E-state index in [9.17, 15) is 0 Å². The van der Waals surface area contributed by atoms with E-state index in [4.69, 9.17) is 20.0 Å². The van der Waals surface area contributed by atoms with Crippen LogP contribution < -0.4 is 9.47 Å². The van der Waals surface area contributed by atoms with Crippen LogP contribution in [-0.4, -0.2) is 12.1 Å². The molecule has 0 radical (unpaired) electrons. The molecule has 1 heterocycles. The lowest BCUT2D eigenvalue weighted by Gasteiger charge is -2.10. The van der Waals surface area contributed by atoms with Crippen LogP contribution >= 0.6 is 11.3 Å². The summed E-state index contributed by atoms with van der Waals surface area (Å²) in [6.45, 7) is 2.30. The molecule has 0 N–H and O–H groups in total. The van der Waals surface area contributed by atoms with Gasteiger partial charge in [-0.15, -0.1) is 11.3 Å². The molecule has 2 rings (SSSR count). The number of rotatable bonds is 5. The molecule has 0 aliphatic heterocycles. The third-order valence-corrected chi connectivity index (χ3v) is 3.60. The summed E-state index contributed by atoms with van der Waals surface area (Å²) in [5.74, 6) is 1.12. The van der Waals surface area contributed by atoms with E-state index >= 15 is 0 Å². The first kappa shape index (κ1) is 15.6. The zero-order chi connectivity index (χ0) is 15.9. The van der Waals surface area contributed by atoms with E-state index in [1.54, 1.807) is 29.5 Å². The molecule has 6 heteroatoms. The van der Waals surface area contributed by atoms with Crippen molar-refractivity contribution in [2.75, 3.05) is 7.11 Å². The van der Waals surface area contributed by atoms with Crippen LogP contribution in [0.25, 0.3) is 6.08 Å². The number of nitriles is 2.